The SMILES string of the molecule is COc1ccc([C@@H]2CC(c3ccccc3)=NN2C2=NC(=O)[C@H](CC(=O)Nc3ccc(C)c(Cl)c3)S2)cc1. The van der Waals surface area contributed by atoms with E-state index in [1.807, 2.05) is 72.6 Å². The van der Waals surface area contributed by atoms with Gasteiger partial charge in [0.15, 0.2) is 5.17 Å². The zero-order valence-electron chi connectivity index (χ0n) is 20.3. The quantitative estimate of drug-likeness (QED) is 0.431. The molecule has 2 aliphatic rings. The summed E-state index contributed by atoms with van der Waals surface area (Å²) < 4.78 is 5.31. The summed E-state index contributed by atoms with van der Waals surface area (Å²) >= 11 is 7.44. The van der Waals surface area contributed by atoms with Gasteiger partial charge in [-0.1, -0.05) is 71.9 Å². The molecular weight excluding hydrogens is 508 g/mol. The molecule has 188 valence electrons. The molecule has 5 rings (SSSR count). The Morgan fingerprint density at radius 1 is 1.14 bits per heavy atom. The van der Waals surface area contributed by atoms with Gasteiger partial charge in [-0.2, -0.15) is 10.1 Å². The summed E-state index contributed by atoms with van der Waals surface area (Å²) in [6, 6.07) is 23.0. The van der Waals surface area contributed by atoms with E-state index < -0.39 is 5.25 Å². The Labute approximate surface area is 224 Å². The van der Waals surface area contributed by atoms with Crippen molar-refractivity contribution in [3.8, 4) is 5.75 Å². The molecule has 3 aromatic carbocycles. The molecule has 0 aromatic heterocycles. The van der Waals surface area contributed by atoms with Crippen LogP contribution in [0.3, 0.4) is 0 Å². The standard InChI is InChI=1S/C28H25ClN4O3S/c1-17-8-11-20(14-22(17)29)30-26(34)16-25-27(35)31-28(37-25)33-24(19-9-12-21(36-2)13-10-19)15-23(32-33)18-6-4-3-5-7-18/h3-14,24-25H,15-16H2,1-2H3,(H,30,34)/t24-,25-/m0/s1. The molecule has 0 saturated heterocycles. The molecule has 0 spiro atoms. The first kappa shape index (κ1) is 25.0. The molecular formula is C28H25ClN4O3S. The molecule has 2 amide bonds. The second kappa shape index (κ2) is 10.8. The molecule has 1 N–H and O–H groups in total. The lowest BCUT2D eigenvalue weighted by Gasteiger charge is -2.23. The Bertz CT molecular complexity index is 1390. The molecule has 0 saturated carbocycles. The largest absolute Gasteiger partial charge is 0.497 e. The second-order valence-electron chi connectivity index (χ2n) is 8.81. The molecule has 0 fully saturated rings. The third kappa shape index (κ3) is 5.55. The Balaban J connectivity index is 1.34. The molecule has 3 aromatic rings. The number of rotatable bonds is 6. The normalized spacial score (nSPS) is 19.0. The van der Waals surface area contributed by atoms with E-state index in [0.29, 0.717) is 22.3 Å². The van der Waals surface area contributed by atoms with Gasteiger partial charge in [0.25, 0.3) is 5.91 Å². The van der Waals surface area contributed by atoms with Crippen LogP contribution in [0, 0.1) is 6.92 Å². The van der Waals surface area contributed by atoms with Crippen molar-refractivity contribution in [2.24, 2.45) is 10.1 Å². The fourth-order valence-corrected chi connectivity index (χ4v) is 5.47. The Morgan fingerprint density at radius 2 is 1.89 bits per heavy atom. The number of carbonyl (C=O) groups is 2. The van der Waals surface area contributed by atoms with Crippen molar-refractivity contribution in [1.82, 2.24) is 5.01 Å². The predicted octanol–water partition coefficient (Wildman–Crippen LogP) is 5.83. The van der Waals surface area contributed by atoms with Crippen LogP contribution >= 0.6 is 23.4 Å². The predicted molar refractivity (Wildman–Crippen MR) is 148 cm³/mol. The van der Waals surface area contributed by atoms with Gasteiger partial charge in [0.1, 0.15) is 11.0 Å². The maximum Gasteiger partial charge on any atom is 0.262 e. The van der Waals surface area contributed by atoms with Gasteiger partial charge in [-0.15, -0.1) is 0 Å². The van der Waals surface area contributed by atoms with Crippen LogP contribution in [0.25, 0.3) is 0 Å². The molecule has 2 heterocycles. The molecule has 37 heavy (non-hydrogen) atoms. The molecule has 0 bridgehead atoms. The number of thioether (sulfide) groups is 1. The number of hydrogen-bond acceptors (Lipinski definition) is 6. The average molecular weight is 533 g/mol. The van der Waals surface area contributed by atoms with Crippen LogP contribution < -0.4 is 10.1 Å². The van der Waals surface area contributed by atoms with Crippen LogP contribution in [0.15, 0.2) is 82.9 Å². The third-order valence-corrected chi connectivity index (χ3v) is 7.82. The second-order valence-corrected chi connectivity index (χ2v) is 10.4. The van der Waals surface area contributed by atoms with Crippen LogP contribution in [-0.2, 0) is 9.59 Å². The molecule has 0 aliphatic carbocycles. The van der Waals surface area contributed by atoms with Crippen molar-refractivity contribution in [1.29, 1.82) is 0 Å². The number of ether oxygens (including phenoxy) is 1. The summed E-state index contributed by atoms with van der Waals surface area (Å²) in [7, 11) is 1.63. The van der Waals surface area contributed by atoms with Gasteiger partial charge >= 0.3 is 0 Å². The molecule has 0 radical (unpaired) electrons. The summed E-state index contributed by atoms with van der Waals surface area (Å²) in [6.07, 6.45) is 0.655. The summed E-state index contributed by atoms with van der Waals surface area (Å²) in [5, 5.41) is 9.95. The van der Waals surface area contributed by atoms with Gasteiger partial charge in [0.2, 0.25) is 5.91 Å². The number of aliphatic imine (C=N–C) groups is 1. The lowest BCUT2D eigenvalue weighted by molar-refractivity contribution is -0.121. The van der Waals surface area contributed by atoms with Gasteiger partial charge in [0.05, 0.1) is 18.9 Å². The minimum absolute atomic E-state index is 0.00169. The number of hydrogen-bond donors (Lipinski definition) is 1. The Morgan fingerprint density at radius 3 is 2.59 bits per heavy atom. The molecule has 2 atom stereocenters. The van der Waals surface area contributed by atoms with Gasteiger partial charge in [0, 0.05) is 23.6 Å². The molecule has 0 unspecified atom stereocenters. The number of nitrogens with zero attached hydrogens (tertiary/aromatic N) is 3. The number of aryl methyl sites for hydroxylation is 1. The van der Waals surface area contributed by atoms with Gasteiger partial charge in [-0.3, -0.25) is 9.59 Å². The average Bonchev–Trinajstić information content (AvgIpc) is 3.51. The van der Waals surface area contributed by atoms with Crippen molar-refractivity contribution in [3.63, 3.8) is 0 Å². The summed E-state index contributed by atoms with van der Waals surface area (Å²) in [5.41, 5.74) is 4.48. The number of halogens is 1. The lowest BCUT2D eigenvalue weighted by atomic mass is 9.98. The van der Waals surface area contributed by atoms with Crippen molar-refractivity contribution in [2.45, 2.75) is 31.1 Å². The monoisotopic (exact) mass is 532 g/mol. The Kier molecular flexibility index (Phi) is 7.30. The summed E-state index contributed by atoms with van der Waals surface area (Å²) in [6.45, 7) is 1.89. The van der Waals surface area contributed by atoms with E-state index in [9.17, 15) is 9.59 Å². The zero-order valence-corrected chi connectivity index (χ0v) is 21.9. The molecule has 7 nitrogen and oxygen atoms in total. The Hall–Kier alpha value is -3.62. The number of hydrazone groups is 1. The number of carbonyl (C=O) groups excluding carboxylic acids is 2. The van der Waals surface area contributed by atoms with Crippen molar-refractivity contribution >= 4 is 51.7 Å². The van der Waals surface area contributed by atoms with E-state index in [-0.39, 0.29) is 24.3 Å². The number of benzene rings is 3. The van der Waals surface area contributed by atoms with Crippen LogP contribution in [-0.4, -0.2) is 40.1 Å². The minimum Gasteiger partial charge on any atom is -0.497 e. The number of methoxy groups -OCH3 is 1. The van der Waals surface area contributed by atoms with Crippen LogP contribution in [0.5, 0.6) is 5.75 Å². The van der Waals surface area contributed by atoms with Gasteiger partial charge in [-0.05, 0) is 47.9 Å². The van der Waals surface area contributed by atoms with E-state index in [1.165, 1.54) is 11.8 Å². The highest BCUT2D eigenvalue weighted by atomic mass is 35.5. The maximum absolute atomic E-state index is 12.8. The fraction of sp³-hybridized carbons (Fsp3) is 0.214. The van der Waals surface area contributed by atoms with Crippen LogP contribution in [0.2, 0.25) is 5.02 Å². The number of amides is 2. The fourth-order valence-electron chi connectivity index (χ4n) is 4.23. The third-order valence-electron chi connectivity index (χ3n) is 6.27. The van der Waals surface area contributed by atoms with Crippen molar-refractivity contribution < 1.29 is 14.3 Å². The summed E-state index contributed by atoms with van der Waals surface area (Å²) in [4.78, 5) is 29.8. The topological polar surface area (TPSA) is 83.4 Å². The van der Waals surface area contributed by atoms with Crippen LogP contribution in [0.4, 0.5) is 5.69 Å². The first-order valence-corrected chi connectivity index (χ1v) is 13.1. The van der Waals surface area contributed by atoms with Crippen molar-refractivity contribution in [2.75, 3.05) is 12.4 Å². The first-order chi connectivity index (χ1) is 17.9. The summed E-state index contributed by atoms with van der Waals surface area (Å²) in [5.74, 6) is 0.152. The maximum atomic E-state index is 12.8. The number of nitrogens with one attached hydrogen (secondary N) is 1. The highest BCUT2D eigenvalue weighted by molar-refractivity contribution is 8.15. The molecule has 9 heteroatoms. The van der Waals surface area contributed by atoms with E-state index in [4.69, 9.17) is 21.4 Å². The van der Waals surface area contributed by atoms with Gasteiger partial charge in [-0.25, -0.2) is 5.01 Å². The molecule has 2 aliphatic heterocycles. The van der Waals surface area contributed by atoms with Crippen LogP contribution in [0.1, 0.15) is 35.6 Å². The van der Waals surface area contributed by atoms with Gasteiger partial charge < -0.3 is 10.1 Å². The smallest absolute Gasteiger partial charge is 0.262 e. The lowest BCUT2D eigenvalue weighted by Crippen LogP contribution is -2.25. The van der Waals surface area contributed by atoms with Crippen molar-refractivity contribution in [3.05, 3.63) is 94.5 Å². The van der Waals surface area contributed by atoms with E-state index >= 15 is 0 Å². The van der Waals surface area contributed by atoms with E-state index in [1.54, 1.807) is 19.2 Å². The van der Waals surface area contributed by atoms with E-state index in [0.717, 1.165) is 28.2 Å². The minimum atomic E-state index is -0.622. The number of amidine groups is 1. The highest BCUT2D eigenvalue weighted by Gasteiger charge is 2.39. The van der Waals surface area contributed by atoms with E-state index in [2.05, 4.69) is 10.3 Å². The number of anilines is 1. The first-order valence-electron chi connectivity index (χ1n) is 11.8. The zero-order chi connectivity index (χ0) is 25.9. The highest BCUT2D eigenvalue weighted by Crippen LogP contribution is 2.39.